The Kier molecular flexibility index (Phi) is 4.18. The molecule has 0 spiro atoms. The first-order chi connectivity index (χ1) is 11.1. The number of carbonyl (C=O) groups excluding carboxylic acids is 2. The number of aromatic nitrogens is 1. The number of nitrogens with zero attached hydrogens (tertiary/aromatic N) is 3. The van der Waals surface area contributed by atoms with Crippen molar-refractivity contribution in [3.05, 3.63) is 29.7 Å². The van der Waals surface area contributed by atoms with E-state index in [-0.39, 0.29) is 12.0 Å². The molecule has 0 radical (unpaired) electrons. The molecule has 1 aromatic carbocycles. The minimum absolute atomic E-state index is 0.0562. The van der Waals surface area contributed by atoms with Gasteiger partial charge in [-0.15, -0.1) is 0 Å². The van der Waals surface area contributed by atoms with Gasteiger partial charge in [0.2, 0.25) is 0 Å². The van der Waals surface area contributed by atoms with Crippen LogP contribution >= 0.6 is 0 Å². The largest absolute Gasteiger partial charge is 0.453 e. The van der Waals surface area contributed by atoms with Crippen LogP contribution in [-0.2, 0) is 4.74 Å². The highest BCUT2D eigenvalue weighted by Gasteiger charge is 2.23. The van der Waals surface area contributed by atoms with E-state index in [0.29, 0.717) is 48.7 Å². The number of benzene rings is 1. The van der Waals surface area contributed by atoms with E-state index in [0.717, 1.165) is 6.42 Å². The zero-order valence-corrected chi connectivity index (χ0v) is 13.2. The van der Waals surface area contributed by atoms with Crippen molar-refractivity contribution < 1.29 is 18.7 Å². The van der Waals surface area contributed by atoms with Crippen molar-refractivity contribution in [2.45, 2.75) is 13.3 Å². The number of oxazole rings is 1. The van der Waals surface area contributed by atoms with E-state index in [1.807, 2.05) is 0 Å². The Hall–Kier alpha value is -2.57. The summed E-state index contributed by atoms with van der Waals surface area (Å²) in [7, 11) is 1.37. The van der Waals surface area contributed by atoms with E-state index in [1.54, 1.807) is 34.9 Å². The van der Waals surface area contributed by atoms with Crippen molar-refractivity contribution in [3.8, 4) is 0 Å². The van der Waals surface area contributed by atoms with Gasteiger partial charge >= 0.3 is 6.09 Å². The van der Waals surface area contributed by atoms with Crippen LogP contribution in [0.4, 0.5) is 4.79 Å². The molecule has 122 valence electrons. The highest BCUT2D eigenvalue weighted by Crippen LogP contribution is 2.18. The number of hydrogen-bond acceptors (Lipinski definition) is 5. The summed E-state index contributed by atoms with van der Waals surface area (Å²) in [5.41, 5.74) is 1.93. The Bertz CT molecular complexity index is 740. The predicted octanol–water partition coefficient (Wildman–Crippen LogP) is 2.05. The lowest BCUT2D eigenvalue weighted by molar-refractivity contribution is 0.0757. The zero-order valence-electron chi connectivity index (χ0n) is 13.2. The maximum absolute atomic E-state index is 12.7. The van der Waals surface area contributed by atoms with Gasteiger partial charge in [-0.3, -0.25) is 4.79 Å². The second-order valence-electron chi connectivity index (χ2n) is 5.52. The van der Waals surface area contributed by atoms with Crippen LogP contribution in [0, 0.1) is 6.92 Å². The molecule has 1 aliphatic rings. The van der Waals surface area contributed by atoms with Gasteiger partial charge in [-0.2, -0.15) is 0 Å². The number of carbonyl (C=O) groups is 2. The molecule has 0 atom stereocenters. The summed E-state index contributed by atoms with van der Waals surface area (Å²) < 4.78 is 10.2. The highest BCUT2D eigenvalue weighted by atomic mass is 16.5. The molecule has 7 nitrogen and oxygen atoms in total. The lowest BCUT2D eigenvalue weighted by Crippen LogP contribution is -2.37. The van der Waals surface area contributed by atoms with Gasteiger partial charge in [-0.25, -0.2) is 9.78 Å². The minimum atomic E-state index is -0.348. The summed E-state index contributed by atoms with van der Waals surface area (Å²) in [5.74, 6) is 0.521. The standard InChI is InChI=1S/C16H19N3O4/c1-11-17-13-10-12(4-5-14(13)23-11)15(20)18-6-3-7-19(9-8-18)16(21)22-2/h4-5,10H,3,6-9H2,1-2H3. The molecule has 0 N–H and O–H groups in total. The molecule has 0 bridgehead atoms. The molecule has 23 heavy (non-hydrogen) atoms. The fourth-order valence-electron chi connectivity index (χ4n) is 2.79. The predicted molar refractivity (Wildman–Crippen MR) is 83.2 cm³/mol. The van der Waals surface area contributed by atoms with Gasteiger partial charge in [0.05, 0.1) is 7.11 Å². The van der Waals surface area contributed by atoms with Crippen LogP contribution in [0.15, 0.2) is 22.6 Å². The Morgan fingerprint density at radius 1 is 1.17 bits per heavy atom. The molecule has 2 heterocycles. The molecule has 0 saturated carbocycles. The topological polar surface area (TPSA) is 75.9 Å². The second-order valence-corrected chi connectivity index (χ2v) is 5.52. The monoisotopic (exact) mass is 317 g/mol. The number of methoxy groups -OCH3 is 1. The van der Waals surface area contributed by atoms with Crippen LogP contribution in [0.1, 0.15) is 22.7 Å². The van der Waals surface area contributed by atoms with Gasteiger partial charge < -0.3 is 19.0 Å². The molecule has 1 saturated heterocycles. The maximum Gasteiger partial charge on any atom is 0.409 e. The Balaban J connectivity index is 1.74. The Labute approximate surface area is 133 Å². The average molecular weight is 317 g/mol. The lowest BCUT2D eigenvalue weighted by Gasteiger charge is -2.21. The van der Waals surface area contributed by atoms with Gasteiger partial charge in [0.25, 0.3) is 5.91 Å². The molecule has 0 aliphatic carbocycles. The van der Waals surface area contributed by atoms with Gasteiger partial charge in [-0.05, 0) is 24.6 Å². The van der Waals surface area contributed by atoms with Crippen molar-refractivity contribution >= 4 is 23.1 Å². The van der Waals surface area contributed by atoms with Crippen molar-refractivity contribution in [2.75, 3.05) is 33.3 Å². The summed E-state index contributed by atoms with van der Waals surface area (Å²) in [6, 6.07) is 5.26. The first-order valence-corrected chi connectivity index (χ1v) is 7.58. The lowest BCUT2D eigenvalue weighted by atomic mass is 10.1. The van der Waals surface area contributed by atoms with Crippen LogP contribution in [-0.4, -0.2) is 60.1 Å². The number of ether oxygens (including phenoxy) is 1. The van der Waals surface area contributed by atoms with Crippen LogP contribution < -0.4 is 0 Å². The summed E-state index contributed by atoms with van der Waals surface area (Å²) in [4.78, 5) is 31.9. The molecule has 2 amide bonds. The molecule has 7 heteroatoms. The maximum atomic E-state index is 12.7. The molecule has 2 aromatic rings. The fourth-order valence-corrected chi connectivity index (χ4v) is 2.79. The molecule has 1 aromatic heterocycles. The minimum Gasteiger partial charge on any atom is -0.453 e. The smallest absolute Gasteiger partial charge is 0.409 e. The average Bonchev–Trinajstić information content (AvgIpc) is 2.77. The van der Waals surface area contributed by atoms with E-state index < -0.39 is 0 Å². The number of aryl methyl sites for hydroxylation is 1. The van der Waals surface area contributed by atoms with Crippen molar-refractivity contribution in [1.29, 1.82) is 0 Å². The van der Waals surface area contributed by atoms with E-state index >= 15 is 0 Å². The van der Waals surface area contributed by atoms with Crippen LogP contribution in [0.2, 0.25) is 0 Å². The quantitative estimate of drug-likeness (QED) is 0.804. The van der Waals surface area contributed by atoms with Crippen LogP contribution in [0.5, 0.6) is 0 Å². The van der Waals surface area contributed by atoms with Crippen LogP contribution in [0.3, 0.4) is 0 Å². The summed E-state index contributed by atoms with van der Waals surface area (Å²) >= 11 is 0. The fraction of sp³-hybridized carbons (Fsp3) is 0.438. The second kappa shape index (κ2) is 6.28. The Morgan fingerprint density at radius 3 is 2.70 bits per heavy atom. The van der Waals surface area contributed by atoms with Gasteiger partial charge in [-0.1, -0.05) is 0 Å². The summed E-state index contributed by atoms with van der Waals surface area (Å²) in [6.07, 6.45) is 0.380. The third-order valence-electron chi connectivity index (χ3n) is 3.96. The zero-order chi connectivity index (χ0) is 16.4. The van der Waals surface area contributed by atoms with E-state index in [2.05, 4.69) is 4.98 Å². The molecular weight excluding hydrogens is 298 g/mol. The molecule has 1 aliphatic heterocycles. The van der Waals surface area contributed by atoms with Gasteiger partial charge in [0.15, 0.2) is 11.5 Å². The molecular formula is C16H19N3O4. The number of hydrogen-bond donors (Lipinski definition) is 0. The summed E-state index contributed by atoms with van der Waals surface area (Å²) in [5, 5.41) is 0. The highest BCUT2D eigenvalue weighted by molar-refractivity contribution is 5.97. The molecule has 1 fully saturated rings. The SMILES string of the molecule is COC(=O)N1CCCN(C(=O)c2ccc3oc(C)nc3c2)CC1. The van der Waals surface area contributed by atoms with Crippen molar-refractivity contribution in [1.82, 2.24) is 14.8 Å². The first-order valence-electron chi connectivity index (χ1n) is 7.58. The molecule has 0 unspecified atom stereocenters. The molecule has 3 rings (SSSR count). The van der Waals surface area contributed by atoms with Crippen molar-refractivity contribution in [3.63, 3.8) is 0 Å². The number of fused-ring (bicyclic) bond motifs is 1. The normalized spacial score (nSPS) is 15.6. The van der Waals surface area contributed by atoms with E-state index in [1.165, 1.54) is 7.11 Å². The first kappa shape index (κ1) is 15.3. The van der Waals surface area contributed by atoms with Gasteiger partial charge in [0.1, 0.15) is 5.52 Å². The third-order valence-corrected chi connectivity index (χ3v) is 3.96. The Morgan fingerprint density at radius 2 is 1.91 bits per heavy atom. The van der Waals surface area contributed by atoms with E-state index in [9.17, 15) is 9.59 Å². The van der Waals surface area contributed by atoms with Crippen LogP contribution in [0.25, 0.3) is 11.1 Å². The van der Waals surface area contributed by atoms with Gasteiger partial charge in [0, 0.05) is 38.7 Å². The third kappa shape index (κ3) is 3.13. The van der Waals surface area contributed by atoms with E-state index in [4.69, 9.17) is 9.15 Å². The number of rotatable bonds is 1. The van der Waals surface area contributed by atoms with Crippen molar-refractivity contribution in [2.24, 2.45) is 0 Å². The number of amides is 2. The summed E-state index contributed by atoms with van der Waals surface area (Å²) in [6.45, 7) is 3.95.